The Morgan fingerprint density at radius 1 is 1.12 bits per heavy atom. The van der Waals surface area contributed by atoms with Crippen LogP contribution in [-0.2, 0) is 13.2 Å². The van der Waals surface area contributed by atoms with Crippen LogP contribution in [0, 0.1) is 10.1 Å². The van der Waals surface area contributed by atoms with Gasteiger partial charge in [0.25, 0.3) is 5.91 Å². The van der Waals surface area contributed by atoms with Crippen molar-refractivity contribution in [2.24, 2.45) is 0 Å². The van der Waals surface area contributed by atoms with Gasteiger partial charge in [-0.15, -0.1) is 0 Å². The van der Waals surface area contributed by atoms with Crippen molar-refractivity contribution in [1.82, 2.24) is 9.78 Å². The first-order chi connectivity index (χ1) is 15.5. The Morgan fingerprint density at radius 3 is 2.69 bits per heavy atom. The number of anilines is 1. The van der Waals surface area contributed by atoms with Crippen molar-refractivity contribution in [3.05, 3.63) is 105 Å². The molecule has 0 saturated carbocycles. The number of furan rings is 1. The third kappa shape index (κ3) is 5.13. The highest BCUT2D eigenvalue weighted by Crippen LogP contribution is 2.27. The number of nitrogens with one attached hydrogen (secondary N) is 1. The number of halogens is 1. The second-order valence-corrected chi connectivity index (χ2v) is 7.20. The van der Waals surface area contributed by atoms with Crippen molar-refractivity contribution >= 4 is 29.0 Å². The number of amides is 1. The van der Waals surface area contributed by atoms with Crippen LogP contribution in [0.3, 0.4) is 0 Å². The van der Waals surface area contributed by atoms with Gasteiger partial charge in [0, 0.05) is 23.4 Å². The fourth-order valence-corrected chi connectivity index (χ4v) is 3.05. The van der Waals surface area contributed by atoms with Crippen LogP contribution in [0.4, 0.5) is 11.5 Å². The van der Waals surface area contributed by atoms with Gasteiger partial charge >= 0.3 is 5.69 Å². The third-order valence-electron chi connectivity index (χ3n) is 4.46. The molecule has 0 aliphatic heterocycles. The summed E-state index contributed by atoms with van der Waals surface area (Å²) in [5.74, 6) is 0.433. The van der Waals surface area contributed by atoms with Gasteiger partial charge < -0.3 is 14.5 Å². The molecule has 0 aliphatic carbocycles. The fraction of sp³-hybridized carbons (Fsp3) is 0.0909. The van der Waals surface area contributed by atoms with Gasteiger partial charge in [0.1, 0.15) is 12.4 Å². The van der Waals surface area contributed by atoms with E-state index in [0.717, 1.165) is 5.56 Å². The second-order valence-electron chi connectivity index (χ2n) is 6.76. The molecule has 2 aromatic heterocycles. The number of hydrogen-bond acceptors (Lipinski definition) is 6. The number of hydrogen-bond donors (Lipinski definition) is 1. The van der Waals surface area contributed by atoms with E-state index in [-0.39, 0.29) is 23.8 Å². The van der Waals surface area contributed by atoms with Gasteiger partial charge in [-0.05, 0) is 35.9 Å². The summed E-state index contributed by atoms with van der Waals surface area (Å²) in [5.41, 5.74) is 0.871. The molecule has 1 N–H and O–H groups in total. The minimum absolute atomic E-state index is 0.0617. The van der Waals surface area contributed by atoms with Gasteiger partial charge in [-0.3, -0.25) is 19.6 Å². The molecule has 10 heteroatoms. The Morgan fingerprint density at radius 2 is 1.91 bits per heavy atom. The molecule has 0 bridgehead atoms. The lowest BCUT2D eigenvalue weighted by Crippen LogP contribution is -2.12. The summed E-state index contributed by atoms with van der Waals surface area (Å²) in [5, 5.41) is 18.7. The summed E-state index contributed by atoms with van der Waals surface area (Å²) in [6.07, 6.45) is 1.75. The number of ether oxygens (including phenoxy) is 1. The lowest BCUT2D eigenvalue weighted by Gasteiger charge is -2.04. The molecule has 0 saturated heterocycles. The van der Waals surface area contributed by atoms with E-state index in [4.69, 9.17) is 20.8 Å². The highest BCUT2D eigenvalue weighted by atomic mass is 35.5. The number of nitro groups is 1. The van der Waals surface area contributed by atoms with Crippen molar-refractivity contribution in [3.63, 3.8) is 0 Å². The van der Waals surface area contributed by atoms with Crippen LogP contribution >= 0.6 is 11.6 Å². The number of carbonyl (C=O) groups is 1. The Balaban J connectivity index is 1.35. The summed E-state index contributed by atoms with van der Waals surface area (Å²) < 4.78 is 12.7. The minimum atomic E-state index is -0.525. The van der Waals surface area contributed by atoms with Crippen LogP contribution in [0.25, 0.3) is 0 Å². The highest BCUT2D eigenvalue weighted by Gasteiger charge is 2.16. The molecule has 0 unspecified atom stereocenters. The molecule has 32 heavy (non-hydrogen) atoms. The number of nitrogens with zero attached hydrogens (tertiary/aromatic N) is 3. The van der Waals surface area contributed by atoms with E-state index < -0.39 is 10.8 Å². The second kappa shape index (κ2) is 9.36. The maximum absolute atomic E-state index is 12.5. The van der Waals surface area contributed by atoms with E-state index in [1.165, 1.54) is 18.2 Å². The summed E-state index contributed by atoms with van der Waals surface area (Å²) in [7, 11) is 0. The van der Waals surface area contributed by atoms with Gasteiger partial charge in [0.2, 0.25) is 0 Å². The quantitative estimate of drug-likeness (QED) is 0.300. The van der Waals surface area contributed by atoms with Gasteiger partial charge in [-0.2, -0.15) is 5.10 Å². The number of carbonyl (C=O) groups excluding carboxylic acids is 1. The molecule has 0 atom stereocenters. The minimum Gasteiger partial charge on any atom is -0.479 e. The molecule has 2 aromatic carbocycles. The number of rotatable bonds is 8. The molecule has 0 spiro atoms. The van der Waals surface area contributed by atoms with E-state index in [1.54, 1.807) is 47.3 Å². The first-order valence-corrected chi connectivity index (χ1v) is 9.90. The largest absolute Gasteiger partial charge is 0.479 e. The fourth-order valence-electron chi connectivity index (χ4n) is 2.93. The number of para-hydroxylation sites is 2. The monoisotopic (exact) mass is 452 g/mol. The van der Waals surface area contributed by atoms with Crippen molar-refractivity contribution in [2.45, 2.75) is 13.2 Å². The van der Waals surface area contributed by atoms with E-state index in [0.29, 0.717) is 23.1 Å². The first kappa shape index (κ1) is 21.1. The topological polar surface area (TPSA) is 112 Å². The lowest BCUT2D eigenvalue weighted by atomic mass is 10.2. The van der Waals surface area contributed by atoms with Crippen LogP contribution in [-0.4, -0.2) is 20.6 Å². The molecule has 0 radical (unpaired) electrons. The average Bonchev–Trinajstić information content (AvgIpc) is 3.43. The molecule has 2 heterocycles. The van der Waals surface area contributed by atoms with E-state index in [9.17, 15) is 14.9 Å². The standard InChI is InChI=1S/C22H17ClN4O5/c23-16-7-5-15(6-8-16)13-26-12-11-21(25-26)24-22(28)20-10-9-17(32-20)14-31-19-4-2-1-3-18(19)27(29)30/h1-12H,13-14H2,(H,24,25,28). The maximum atomic E-state index is 12.5. The summed E-state index contributed by atoms with van der Waals surface area (Å²) in [6, 6.07) is 18.2. The van der Waals surface area contributed by atoms with Crippen molar-refractivity contribution in [3.8, 4) is 5.75 Å². The SMILES string of the molecule is O=C(Nc1ccn(Cc2ccc(Cl)cc2)n1)c1ccc(COc2ccccc2[N+](=O)[O-])o1. The molecule has 0 aliphatic rings. The highest BCUT2D eigenvalue weighted by molar-refractivity contribution is 6.30. The number of nitro benzene ring substituents is 1. The maximum Gasteiger partial charge on any atom is 0.310 e. The van der Waals surface area contributed by atoms with Crippen molar-refractivity contribution < 1.29 is 18.9 Å². The first-order valence-electron chi connectivity index (χ1n) is 9.52. The number of aromatic nitrogens is 2. The zero-order valence-electron chi connectivity index (χ0n) is 16.6. The molecule has 9 nitrogen and oxygen atoms in total. The van der Waals surface area contributed by atoms with Crippen LogP contribution in [0.5, 0.6) is 5.75 Å². The van der Waals surface area contributed by atoms with E-state index >= 15 is 0 Å². The Kier molecular flexibility index (Phi) is 6.18. The average molecular weight is 453 g/mol. The predicted octanol–water partition coefficient (Wildman–Crippen LogP) is 4.92. The van der Waals surface area contributed by atoms with Gasteiger partial charge in [-0.25, -0.2) is 0 Å². The molecule has 162 valence electrons. The zero-order valence-corrected chi connectivity index (χ0v) is 17.4. The Labute approximate surface area is 187 Å². The van der Waals surface area contributed by atoms with E-state index in [1.807, 2.05) is 12.1 Å². The molecule has 0 fully saturated rings. The Hall–Kier alpha value is -4.11. The van der Waals surface area contributed by atoms with Crippen LogP contribution in [0.2, 0.25) is 5.02 Å². The van der Waals surface area contributed by atoms with Gasteiger partial charge in [-0.1, -0.05) is 35.9 Å². The van der Waals surface area contributed by atoms with Crippen LogP contribution < -0.4 is 10.1 Å². The summed E-state index contributed by atoms with van der Waals surface area (Å²) >= 11 is 5.89. The van der Waals surface area contributed by atoms with Crippen molar-refractivity contribution in [2.75, 3.05) is 5.32 Å². The van der Waals surface area contributed by atoms with Gasteiger partial charge in [0.05, 0.1) is 11.5 Å². The Bertz CT molecular complexity index is 1250. The number of benzene rings is 2. The third-order valence-corrected chi connectivity index (χ3v) is 4.71. The summed E-state index contributed by atoms with van der Waals surface area (Å²) in [4.78, 5) is 23.0. The van der Waals surface area contributed by atoms with Crippen molar-refractivity contribution in [1.29, 1.82) is 0 Å². The predicted molar refractivity (Wildman–Crippen MR) is 117 cm³/mol. The molecular weight excluding hydrogens is 436 g/mol. The normalized spacial score (nSPS) is 10.7. The van der Waals surface area contributed by atoms with E-state index in [2.05, 4.69) is 10.4 Å². The molecule has 4 rings (SSSR count). The summed E-state index contributed by atoms with van der Waals surface area (Å²) in [6.45, 7) is 0.467. The molecular formula is C22H17ClN4O5. The van der Waals surface area contributed by atoms with Gasteiger partial charge in [0.15, 0.2) is 17.3 Å². The smallest absolute Gasteiger partial charge is 0.310 e. The zero-order chi connectivity index (χ0) is 22.5. The van der Waals surface area contributed by atoms with Crippen LogP contribution in [0.15, 0.2) is 77.3 Å². The molecule has 4 aromatic rings. The lowest BCUT2D eigenvalue weighted by molar-refractivity contribution is -0.386. The molecule has 1 amide bonds. The van der Waals surface area contributed by atoms with Crippen LogP contribution in [0.1, 0.15) is 21.9 Å².